The van der Waals surface area contributed by atoms with Crippen LogP contribution in [0, 0.1) is 0 Å². The fraction of sp³-hybridized carbons (Fsp3) is 0.259. The molecule has 0 N–H and O–H groups in total. The first-order chi connectivity index (χ1) is 53.5. The highest BCUT2D eigenvalue weighted by atomic mass is 15.2. The van der Waals surface area contributed by atoms with E-state index in [1.54, 1.807) is 0 Å². The molecule has 4 aliphatic rings. The molecule has 0 spiro atoms. The molecular formula is C108H115N3. The maximum absolute atomic E-state index is 2.43. The lowest BCUT2D eigenvalue weighted by Crippen LogP contribution is -2.25. The van der Waals surface area contributed by atoms with Crippen LogP contribution in [0.25, 0.3) is 48.7 Å². The van der Waals surface area contributed by atoms with Crippen LogP contribution in [0.2, 0.25) is 0 Å². The third-order valence-corrected chi connectivity index (χ3v) is 24.8. The van der Waals surface area contributed by atoms with Gasteiger partial charge >= 0.3 is 0 Å². The van der Waals surface area contributed by atoms with E-state index in [1.807, 2.05) is 0 Å². The zero-order valence-corrected chi connectivity index (χ0v) is 69.1. The fourth-order valence-corrected chi connectivity index (χ4v) is 19.2. The Morgan fingerprint density at radius 2 is 0.721 bits per heavy atom. The molecule has 0 aromatic heterocycles. The van der Waals surface area contributed by atoms with Crippen molar-refractivity contribution < 1.29 is 0 Å². The first kappa shape index (κ1) is 78.1. The molecule has 1 aliphatic carbocycles. The van der Waals surface area contributed by atoms with Gasteiger partial charge in [-0.15, -0.1) is 0 Å². The molecule has 3 atom stereocenters. The Morgan fingerprint density at radius 3 is 1.19 bits per heavy atom. The molecule has 0 saturated heterocycles. The minimum atomic E-state index is -0.0974. The summed E-state index contributed by atoms with van der Waals surface area (Å²) in [6.07, 6.45) is 16.8. The Labute approximate surface area is 664 Å². The number of anilines is 3. The molecule has 111 heavy (non-hydrogen) atoms. The quantitative estimate of drug-likeness (QED) is 0.121. The van der Waals surface area contributed by atoms with Gasteiger partial charge in [0.25, 0.3) is 0 Å². The van der Waals surface area contributed by atoms with E-state index in [4.69, 9.17) is 0 Å². The average Bonchev–Trinajstić information content (AvgIpc) is 1.58. The van der Waals surface area contributed by atoms with Crippen molar-refractivity contribution >= 4 is 65.7 Å². The minimum Gasteiger partial charge on any atom is -0.347 e. The van der Waals surface area contributed by atoms with Crippen molar-refractivity contribution in [3.8, 4) is 0 Å². The number of allylic oxidation sites excluding steroid dienone is 10. The van der Waals surface area contributed by atoms with Crippen molar-refractivity contribution in [1.82, 2.24) is 0 Å². The van der Waals surface area contributed by atoms with E-state index >= 15 is 0 Å². The summed E-state index contributed by atoms with van der Waals surface area (Å²) < 4.78 is 0. The van der Waals surface area contributed by atoms with Crippen molar-refractivity contribution in [3.63, 3.8) is 0 Å². The summed E-state index contributed by atoms with van der Waals surface area (Å²) in [7, 11) is 6.50. The normalized spacial score (nSPS) is 17.7. The van der Waals surface area contributed by atoms with E-state index < -0.39 is 0 Å². The highest BCUT2D eigenvalue weighted by Gasteiger charge is 2.42. The number of para-hydroxylation sites is 2. The van der Waals surface area contributed by atoms with E-state index in [0.29, 0.717) is 11.8 Å². The summed E-state index contributed by atoms with van der Waals surface area (Å²) in [4.78, 5) is 6.96. The van der Waals surface area contributed by atoms with E-state index in [-0.39, 0.29) is 21.7 Å². The van der Waals surface area contributed by atoms with E-state index in [9.17, 15) is 0 Å². The van der Waals surface area contributed by atoms with Crippen molar-refractivity contribution in [2.45, 2.75) is 163 Å². The predicted molar refractivity (Wildman–Crippen MR) is 484 cm³/mol. The number of hydrogen-bond acceptors (Lipinski definition) is 3. The monoisotopic (exact) mass is 1450 g/mol. The Morgan fingerprint density at radius 1 is 0.351 bits per heavy atom. The van der Waals surface area contributed by atoms with Gasteiger partial charge in [0.2, 0.25) is 0 Å². The van der Waals surface area contributed by atoms with Crippen molar-refractivity contribution in [1.29, 1.82) is 0 Å². The fourth-order valence-electron chi connectivity index (χ4n) is 19.2. The van der Waals surface area contributed by atoms with E-state index in [0.717, 1.165) is 32.1 Å². The molecule has 562 valence electrons. The molecule has 13 aromatic carbocycles. The van der Waals surface area contributed by atoms with Gasteiger partial charge < -0.3 is 14.7 Å². The lowest BCUT2D eigenvalue weighted by atomic mass is 9.74. The SMILES string of the molecule is C/C=C1/N(C)c2cc3ccccc3cc2C1(C)C.C/C=C1/N(C)c2ccccc2C1(C)C.CC1=C(/C=C/C=C2/N(C)c3ccccc3C2(C)C)C(C)(Cc2ccccc2)c2ccc3ccccc3c21.CCc1c(C(C)Cc2ccccc2)ccc2ccccc12.CCc1c(C(C)Cc2ccccc2)ccc2ccccc12. The molecule has 17 rings (SSSR count). The topological polar surface area (TPSA) is 9.72 Å². The Kier molecular flexibility index (Phi) is 23.4. The van der Waals surface area contributed by atoms with Crippen molar-refractivity contribution in [2.24, 2.45) is 0 Å². The van der Waals surface area contributed by atoms with Gasteiger partial charge in [0.05, 0.1) is 0 Å². The summed E-state index contributed by atoms with van der Waals surface area (Å²) in [6.45, 7) is 32.0. The molecule has 3 nitrogen and oxygen atoms in total. The molecule has 13 aromatic rings. The number of rotatable bonds is 12. The van der Waals surface area contributed by atoms with Gasteiger partial charge in [0.15, 0.2) is 0 Å². The maximum Gasteiger partial charge on any atom is 0.0454 e. The summed E-state index contributed by atoms with van der Waals surface area (Å²) in [6, 6.07) is 103. The highest BCUT2D eigenvalue weighted by molar-refractivity contribution is 6.00. The molecule has 0 saturated carbocycles. The molecule has 0 bridgehead atoms. The Hall–Kier alpha value is -11.0. The smallest absolute Gasteiger partial charge is 0.0454 e. The zero-order valence-electron chi connectivity index (χ0n) is 69.1. The maximum atomic E-state index is 2.43. The highest BCUT2D eigenvalue weighted by Crippen LogP contribution is 2.53. The Balaban J connectivity index is 0.000000127. The summed E-state index contributed by atoms with van der Waals surface area (Å²) in [5, 5.41) is 10.8. The van der Waals surface area contributed by atoms with E-state index in [1.165, 1.54) is 155 Å². The van der Waals surface area contributed by atoms with Crippen LogP contribution in [-0.4, -0.2) is 21.1 Å². The molecule has 0 fully saturated rings. The van der Waals surface area contributed by atoms with Gasteiger partial charge in [-0.25, -0.2) is 0 Å². The molecule has 3 heterocycles. The van der Waals surface area contributed by atoms with Gasteiger partial charge in [0.1, 0.15) is 0 Å². The van der Waals surface area contributed by atoms with Gasteiger partial charge in [-0.2, -0.15) is 0 Å². The number of benzene rings is 13. The molecule has 3 aliphatic heterocycles. The van der Waals surface area contributed by atoms with Crippen LogP contribution in [0.15, 0.2) is 338 Å². The van der Waals surface area contributed by atoms with Crippen LogP contribution < -0.4 is 14.7 Å². The van der Waals surface area contributed by atoms with Crippen LogP contribution in [0.5, 0.6) is 0 Å². The lowest BCUT2D eigenvalue weighted by Gasteiger charge is -2.29. The molecule has 0 amide bonds. The average molecular weight is 1460 g/mol. The number of hydrogen-bond donors (Lipinski definition) is 0. The zero-order chi connectivity index (χ0) is 78.4. The van der Waals surface area contributed by atoms with Crippen LogP contribution in [0.4, 0.5) is 17.1 Å². The third kappa shape index (κ3) is 15.5. The van der Waals surface area contributed by atoms with Gasteiger partial charge in [-0.05, 0) is 216 Å². The largest absolute Gasteiger partial charge is 0.347 e. The molecule has 3 heteroatoms. The second-order valence-corrected chi connectivity index (χ2v) is 32.9. The number of nitrogens with zero attached hydrogens (tertiary/aromatic N) is 3. The summed E-state index contributed by atoms with van der Waals surface area (Å²) in [5.41, 5.74) is 28.3. The van der Waals surface area contributed by atoms with E-state index in [2.05, 4.69) is 448 Å². The Bertz CT molecular complexity index is 5510. The number of likely N-dealkylation sites (N-methyl/N-ethyl adjacent to an activating group) is 3. The minimum absolute atomic E-state index is 0.0265. The van der Waals surface area contributed by atoms with Crippen LogP contribution >= 0.6 is 0 Å². The van der Waals surface area contributed by atoms with Gasteiger partial charge in [-0.3, -0.25) is 0 Å². The van der Waals surface area contributed by atoms with Gasteiger partial charge in [-0.1, -0.05) is 361 Å². The second-order valence-electron chi connectivity index (χ2n) is 32.9. The summed E-state index contributed by atoms with van der Waals surface area (Å²) >= 11 is 0. The van der Waals surface area contributed by atoms with Crippen LogP contribution in [-0.2, 0) is 53.8 Å². The lowest BCUT2D eigenvalue weighted by molar-refractivity contribution is 0.578. The molecule has 0 radical (unpaired) electrons. The van der Waals surface area contributed by atoms with Crippen molar-refractivity contribution in [3.05, 3.63) is 405 Å². The standard InChI is InChI=1S/C36H35N.2C21H22.C17H19N.C13H17N/c1-25-29(19-13-21-33-35(2,3)30-18-11-12-20-32(30)37(33)5)36(4,24-26-14-7-6-8-15-26)31-23-22-27-16-9-10-17-28(27)34(25)31;2*1-3-19-20(14-13-18-11-7-8-12-21(18)19)16(2)15-17-9-5-4-6-10-17;1-5-16-17(2,3)14-10-12-8-6-7-9-13(12)11-15(14)18(16)4;1-5-12-13(2,3)10-8-6-7-9-11(10)14(12)4/h6-23H,24H2,1-5H3;2*4-14,16H,3,15H2,1-2H3;5-11H,1-4H3;5-9H,1-4H3/b19-13+,33-21+;;;16-5+;12-5+. The van der Waals surface area contributed by atoms with Crippen molar-refractivity contribution in [2.75, 3.05) is 35.8 Å². The molecule has 3 unspecified atom stereocenters. The third-order valence-electron chi connectivity index (χ3n) is 24.8. The van der Waals surface area contributed by atoms with Crippen LogP contribution in [0.3, 0.4) is 0 Å². The first-order valence-corrected chi connectivity index (χ1v) is 40.6. The second kappa shape index (κ2) is 33.3. The first-order valence-electron chi connectivity index (χ1n) is 40.6. The predicted octanol–water partition coefficient (Wildman–Crippen LogP) is 28.3. The van der Waals surface area contributed by atoms with Gasteiger partial charge in [0, 0.05) is 77.0 Å². The number of aryl methyl sites for hydroxylation is 2. The summed E-state index contributed by atoms with van der Waals surface area (Å²) in [5.74, 6) is 1.10. The van der Waals surface area contributed by atoms with Crippen LogP contribution in [0.1, 0.15) is 176 Å². The number of fused-ring (bicyclic) bond motifs is 9. The molecular weight excluding hydrogens is 1340 g/mol.